The van der Waals surface area contributed by atoms with Crippen LogP contribution in [-0.2, 0) is 23.8 Å². The first-order valence-electron chi connectivity index (χ1n) is 11.2. The lowest BCUT2D eigenvalue weighted by Gasteiger charge is -2.19. The number of alkyl halides is 6. The van der Waals surface area contributed by atoms with Crippen molar-refractivity contribution in [3.8, 4) is 17.2 Å². The van der Waals surface area contributed by atoms with Crippen LogP contribution in [0, 0.1) is 6.92 Å². The minimum absolute atomic E-state index is 0.0263. The van der Waals surface area contributed by atoms with E-state index in [1.54, 1.807) is 30.7 Å². The van der Waals surface area contributed by atoms with Gasteiger partial charge in [-0.3, -0.25) is 9.59 Å². The van der Waals surface area contributed by atoms with Gasteiger partial charge in [0, 0.05) is 7.11 Å². The molecular formula is C22H30F6N2O8. The third-order valence-electron chi connectivity index (χ3n) is 4.34. The monoisotopic (exact) mass is 564 g/mol. The van der Waals surface area contributed by atoms with Crippen LogP contribution < -0.4 is 24.8 Å². The van der Waals surface area contributed by atoms with Crippen molar-refractivity contribution < 1.29 is 64.4 Å². The van der Waals surface area contributed by atoms with Gasteiger partial charge in [-0.05, 0) is 18.6 Å². The van der Waals surface area contributed by atoms with E-state index >= 15 is 0 Å². The predicted molar refractivity (Wildman–Crippen MR) is 119 cm³/mol. The molecule has 0 heterocycles. The zero-order valence-corrected chi connectivity index (χ0v) is 20.8. The van der Waals surface area contributed by atoms with Crippen molar-refractivity contribution >= 4 is 11.8 Å². The molecule has 16 heteroatoms. The van der Waals surface area contributed by atoms with Gasteiger partial charge in [0.05, 0.1) is 46.1 Å². The number of ether oxygens (including phenoxy) is 6. The van der Waals surface area contributed by atoms with E-state index in [4.69, 9.17) is 28.4 Å². The van der Waals surface area contributed by atoms with E-state index in [1.165, 1.54) is 6.07 Å². The average molecular weight is 564 g/mol. The number of nitrogens with one attached hydrogen (secondary N) is 2. The minimum atomic E-state index is -5.07. The summed E-state index contributed by atoms with van der Waals surface area (Å²) in [5.74, 6) is -4.22. The molecule has 0 aliphatic carbocycles. The van der Waals surface area contributed by atoms with Crippen LogP contribution in [0.4, 0.5) is 26.3 Å². The van der Waals surface area contributed by atoms with Crippen LogP contribution in [0.1, 0.15) is 5.56 Å². The number of rotatable bonds is 18. The molecule has 0 atom stereocenters. The molecule has 0 aromatic heterocycles. The molecule has 0 radical (unpaired) electrons. The van der Waals surface area contributed by atoms with Crippen LogP contribution in [0.2, 0.25) is 0 Å². The molecule has 2 N–H and O–H groups in total. The summed E-state index contributed by atoms with van der Waals surface area (Å²) < 4.78 is 106. The van der Waals surface area contributed by atoms with Gasteiger partial charge >= 0.3 is 24.2 Å². The Morgan fingerprint density at radius 2 is 1.16 bits per heavy atom. The second kappa shape index (κ2) is 16.8. The van der Waals surface area contributed by atoms with E-state index in [0.29, 0.717) is 25.4 Å². The summed E-state index contributed by atoms with van der Waals surface area (Å²) in [7, 11) is 1.54. The average Bonchev–Trinajstić information content (AvgIpc) is 2.83. The Labute approximate surface area is 214 Å². The molecule has 0 aliphatic rings. The van der Waals surface area contributed by atoms with E-state index < -0.39 is 43.9 Å². The van der Waals surface area contributed by atoms with Crippen molar-refractivity contribution in [2.24, 2.45) is 0 Å². The lowest BCUT2D eigenvalue weighted by Crippen LogP contribution is -2.39. The maximum atomic E-state index is 12.4. The SMILES string of the molecule is COCCOCCOCCOc1ccc(C)c(OCCNC(=O)C(F)(F)F)c1OCCNC(=O)C(F)(F)F. The topological polar surface area (TPSA) is 114 Å². The van der Waals surface area contributed by atoms with Crippen molar-refractivity contribution in [3.63, 3.8) is 0 Å². The summed E-state index contributed by atoms with van der Waals surface area (Å²) in [6.45, 7) is 1.39. The lowest BCUT2D eigenvalue weighted by molar-refractivity contribution is -0.173. The third-order valence-corrected chi connectivity index (χ3v) is 4.34. The molecule has 1 aromatic carbocycles. The van der Waals surface area contributed by atoms with Gasteiger partial charge in [-0.15, -0.1) is 0 Å². The molecule has 38 heavy (non-hydrogen) atoms. The Balaban J connectivity index is 2.77. The molecule has 0 saturated carbocycles. The van der Waals surface area contributed by atoms with Gasteiger partial charge in [0.15, 0.2) is 11.5 Å². The number of aryl methyl sites for hydroxylation is 1. The van der Waals surface area contributed by atoms with Crippen LogP contribution in [0.25, 0.3) is 0 Å². The molecule has 0 aliphatic heterocycles. The van der Waals surface area contributed by atoms with Gasteiger partial charge in [-0.2, -0.15) is 26.3 Å². The molecule has 218 valence electrons. The van der Waals surface area contributed by atoms with Gasteiger partial charge < -0.3 is 39.1 Å². The molecule has 0 bridgehead atoms. The fourth-order valence-corrected chi connectivity index (χ4v) is 2.58. The van der Waals surface area contributed by atoms with E-state index in [1.807, 2.05) is 0 Å². The standard InChI is InChI=1S/C22H30F6N2O8/c1-15-3-4-16(36-14-13-35-12-11-34-10-9-33-2)18(38-8-6-30-20(32)22(26,27)28)17(15)37-7-5-29-19(31)21(23,24)25/h3-4H,5-14H2,1-2H3,(H,29,31)(H,30,32). The highest BCUT2D eigenvalue weighted by molar-refractivity contribution is 5.82. The quantitative estimate of drug-likeness (QED) is 0.206. The van der Waals surface area contributed by atoms with Gasteiger partial charge in [-0.25, -0.2) is 0 Å². The molecule has 10 nitrogen and oxygen atoms in total. The Kier molecular flexibility index (Phi) is 14.6. The smallest absolute Gasteiger partial charge is 0.471 e. The number of carbonyl (C=O) groups excluding carboxylic acids is 2. The number of hydrogen-bond acceptors (Lipinski definition) is 8. The number of methoxy groups -OCH3 is 1. The van der Waals surface area contributed by atoms with Gasteiger partial charge in [0.1, 0.15) is 19.8 Å². The highest BCUT2D eigenvalue weighted by Crippen LogP contribution is 2.40. The first-order chi connectivity index (χ1) is 17.9. The van der Waals surface area contributed by atoms with Gasteiger partial charge in [0.2, 0.25) is 5.75 Å². The zero-order valence-electron chi connectivity index (χ0n) is 20.8. The molecule has 0 fully saturated rings. The lowest BCUT2D eigenvalue weighted by atomic mass is 10.2. The van der Waals surface area contributed by atoms with Crippen LogP contribution in [0.15, 0.2) is 12.1 Å². The summed E-state index contributed by atoms with van der Waals surface area (Å²) in [6.07, 6.45) is -10.1. The summed E-state index contributed by atoms with van der Waals surface area (Å²) in [5.41, 5.74) is 0.457. The summed E-state index contributed by atoms with van der Waals surface area (Å²) in [5, 5.41) is 3.29. The van der Waals surface area contributed by atoms with Gasteiger partial charge in [-0.1, -0.05) is 6.07 Å². The van der Waals surface area contributed by atoms with E-state index in [-0.39, 0.29) is 43.7 Å². The molecule has 0 spiro atoms. The Hall–Kier alpha value is -2.98. The third kappa shape index (κ3) is 13.0. The maximum Gasteiger partial charge on any atom is 0.471 e. The van der Waals surface area contributed by atoms with Crippen molar-refractivity contribution in [1.82, 2.24) is 10.6 Å². The van der Waals surface area contributed by atoms with Gasteiger partial charge in [0.25, 0.3) is 0 Å². The minimum Gasteiger partial charge on any atom is -0.487 e. The normalized spacial score (nSPS) is 11.7. The number of benzene rings is 1. The summed E-state index contributed by atoms with van der Waals surface area (Å²) >= 11 is 0. The van der Waals surface area contributed by atoms with Crippen LogP contribution >= 0.6 is 0 Å². The number of amides is 2. The Morgan fingerprint density at radius 1 is 0.684 bits per heavy atom. The van der Waals surface area contributed by atoms with E-state index in [2.05, 4.69) is 0 Å². The molecule has 0 saturated heterocycles. The second-order valence-corrected chi connectivity index (χ2v) is 7.31. The zero-order chi connectivity index (χ0) is 28.6. The Morgan fingerprint density at radius 3 is 1.66 bits per heavy atom. The number of halogens is 6. The molecule has 2 amide bonds. The van der Waals surface area contributed by atoms with Crippen molar-refractivity contribution in [3.05, 3.63) is 17.7 Å². The summed E-state index contributed by atoms with van der Waals surface area (Å²) in [6, 6.07) is 3.05. The second-order valence-electron chi connectivity index (χ2n) is 7.31. The van der Waals surface area contributed by atoms with Crippen LogP contribution in [0.5, 0.6) is 17.2 Å². The molecular weight excluding hydrogens is 534 g/mol. The fraction of sp³-hybridized carbons (Fsp3) is 0.636. The molecule has 1 aromatic rings. The van der Waals surface area contributed by atoms with Crippen LogP contribution in [-0.4, -0.2) is 97.2 Å². The van der Waals surface area contributed by atoms with Crippen molar-refractivity contribution in [2.75, 3.05) is 73.1 Å². The van der Waals surface area contributed by atoms with Crippen LogP contribution in [0.3, 0.4) is 0 Å². The molecule has 1 rings (SSSR count). The van der Waals surface area contributed by atoms with Crippen molar-refractivity contribution in [2.45, 2.75) is 19.3 Å². The van der Waals surface area contributed by atoms with Crippen molar-refractivity contribution in [1.29, 1.82) is 0 Å². The Bertz CT molecular complexity index is 867. The highest BCUT2D eigenvalue weighted by atomic mass is 19.4. The predicted octanol–water partition coefficient (Wildman–Crippen LogP) is 2.17. The van der Waals surface area contributed by atoms with E-state index in [9.17, 15) is 35.9 Å². The summed E-state index contributed by atoms with van der Waals surface area (Å²) in [4.78, 5) is 21.9. The highest BCUT2D eigenvalue weighted by Gasteiger charge is 2.39. The number of carbonyl (C=O) groups is 2. The first kappa shape index (κ1) is 33.0. The largest absolute Gasteiger partial charge is 0.487 e. The number of hydrogen-bond donors (Lipinski definition) is 2. The molecule has 0 unspecified atom stereocenters. The fourth-order valence-electron chi connectivity index (χ4n) is 2.58. The van der Waals surface area contributed by atoms with E-state index in [0.717, 1.165) is 0 Å². The first-order valence-corrected chi connectivity index (χ1v) is 11.2. The maximum absolute atomic E-state index is 12.4.